The average Bonchev–Trinajstić information content (AvgIpc) is 2.50. The molecule has 0 fully saturated rings. The number of nitrogens with two attached hydrogens (primary N) is 1. The summed E-state index contributed by atoms with van der Waals surface area (Å²) in [5.41, 5.74) is 0.605. The van der Waals surface area contributed by atoms with Gasteiger partial charge in [0.25, 0.3) is 11.6 Å². The molecule has 0 aliphatic heterocycles. The monoisotopic (exact) mass is 221 g/mol. The number of hydrogen-bond donors (Lipinski definition) is 1. The third-order valence-electron chi connectivity index (χ3n) is 2.61. The highest BCUT2D eigenvalue weighted by molar-refractivity contribution is 5.17. The fourth-order valence-electron chi connectivity index (χ4n) is 1.59. The average molecular weight is 221 g/mol. The number of halogens is 1. The van der Waals surface area contributed by atoms with Gasteiger partial charge in [-0.25, -0.2) is 4.39 Å². The molecule has 2 rings (SSSR count). The first kappa shape index (κ1) is 10.6. The predicted octanol–water partition coefficient (Wildman–Crippen LogP) is 0.689. The van der Waals surface area contributed by atoms with E-state index >= 15 is 0 Å². The zero-order chi connectivity index (χ0) is 11.7. The summed E-state index contributed by atoms with van der Waals surface area (Å²) in [4.78, 5) is 0. The Hall–Kier alpha value is -1.91. The molecule has 0 amide bonds. The van der Waals surface area contributed by atoms with Gasteiger partial charge in [0.2, 0.25) is 0 Å². The van der Waals surface area contributed by atoms with E-state index in [4.69, 9.17) is 5.84 Å². The standard InChI is InChI=1S/C11H14FN4/c1-8-14-15(9(2)16(8)13)7-10-5-3-4-6-11(10)12/h3-6H,7,13H2,1-2H3/q+1. The van der Waals surface area contributed by atoms with Crippen LogP contribution in [0.3, 0.4) is 0 Å². The van der Waals surface area contributed by atoms with Crippen LogP contribution in [0.2, 0.25) is 0 Å². The molecule has 0 aliphatic carbocycles. The Morgan fingerprint density at radius 1 is 1.38 bits per heavy atom. The molecule has 0 spiro atoms. The van der Waals surface area contributed by atoms with Crippen LogP contribution in [0.4, 0.5) is 4.39 Å². The molecule has 4 nitrogen and oxygen atoms in total. The molecule has 16 heavy (non-hydrogen) atoms. The maximum atomic E-state index is 13.4. The second-order valence-electron chi connectivity index (χ2n) is 3.71. The highest BCUT2D eigenvalue weighted by Gasteiger charge is 2.18. The van der Waals surface area contributed by atoms with Crippen LogP contribution in [0.25, 0.3) is 0 Å². The lowest BCUT2D eigenvalue weighted by molar-refractivity contribution is -0.652. The third kappa shape index (κ3) is 1.76. The van der Waals surface area contributed by atoms with Crippen LogP contribution in [-0.4, -0.2) is 9.78 Å². The molecule has 1 heterocycles. The van der Waals surface area contributed by atoms with Gasteiger partial charge in [0.15, 0.2) is 0 Å². The van der Waals surface area contributed by atoms with Crippen molar-refractivity contribution in [3.63, 3.8) is 0 Å². The molecule has 0 bridgehead atoms. The SMILES string of the molecule is Cc1nn(Cc2ccccc2F)c(C)[n+]1N. The lowest BCUT2D eigenvalue weighted by Crippen LogP contribution is -2.48. The van der Waals surface area contributed by atoms with Gasteiger partial charge in [-0.05, 0) is 6.07 Å². The van der Waals surface area contributed by atoms with Crippen molar-refractivity contribution in [2.24, 2.45) is 0 Å². The molecule has 0 radical (unpaired) electrons. The summed E-state index contributed by atoms with van der Waals surface area (Å²) in [6.45, 7) is 4.05. The lowest BCUT2D eigenvalue weighted by atomic mass is 10.2. The molecule has 2 N–H and O–H groups in total. The molecule has 5 heteroatoms. The van der Waals surface area contributed by atoms with Gasteiger partial charge >= 0.3 is 0 Å². The minimum Gasteiger partial charge on any atom is -0.289 e. The number of hydrogen-bond acceptors (Lipinski definition) is 2. The number of aromatic nitrogens is 3. The van der Waals surface area contributed by atoms with Crippen molar-refractivity contribution in [2.75, 3.05) is 5.84 Å². The highest BCUT2D eigenvalue weighted by atomic mass is 19.1. The van der Waals surface area contributed by atoms with Crippen LogP contribution in [0.5, 0.6) is 0 Å². The number of aryl methyl sites for hydroxylation is 1. The van der Waals surface area contributed by atoms with Crippen molar-refractivity contribution in [3.05, 3.63) is 47.3 Å². The Morgan fingerprint density at radius 2 is 2.06 bits per heavy atom. The Bertz CT molecular complexity index is 519. The summed E-state index contributed by atoms with van der Waals surface area (Å²) in [7, 11) is 0. The minimum absolute atomic E-state index is 0.223. The van der Waals surface area contributed by atoms with Gasteiger partial charge in [0.05, 0.1) is 0 Å². The largest absolute Gasteiger partial charge is 0.295 e. The molecular formula is C11H14FN4+. The molecule has 0 saturated carbocycles. The Labute approximate surface area is 93.1 Å². The smallest absolute Gasteiger partial charge is 0.289 e. The van der Waals surface area contributed by atoms with Gasteiger partial charge in [0, 0.05) is 24.5 Å². The van der Waals surface area contributed by atoms with E-state index in [0.717, 1.165) is 5.82 Å². The van der Waals surface area contributed by atoms with Gasteiger partial charge in [-0.2, -0.15) is 0 Å². The molecule has 1 aromatic heterocycles. The molecular weight excluding hydrogens is 207 g/mol. The summed E-state index contributed by atoms with van der Waals surface area (Å²) in [6.07, 6.45) is 0. The first-order chi connectivity index (χ1) is 7.59. The zero-order valence-corrected chi connectivity index (χ0v) is 9.31. The first-order valence-corrected chi connectivity index (χ1v) is 5.04. The van der Waals surface area contributed by atoms with Gasteiger partial charge in [-0.1, -0.05) is 18.2 Å². The molecule has 1 aromatic carbocycles. The molecule has 0 aliphatic rings. The van der Waals surface area contributed by atoms with Crippen LogP contribution in [-0.2, 0) is 6.54 Å². The zero-order valence-electron chi connectivity index (χ0n) is 9.31. The molecule has 0 atom stereocenters. The number of nitrogen functional groups attached to an aromatic ring is 1. The van der Waals surface area contributed by atoms with Gasteiger partial charge in [-0.15, -0.1) is 9.36 Å². The van der Waals surface area contributed by atoms with Gasteiger partial charge in [-0.3, -0.25) is 5.84 Å². The van der Waals surface area contributed by atoms with Crippen molar-refractivity contribution in [2.45, 2.75) is 20.4 Å². The first-order valence-electron chi connectivity index (χ1n) is 5.04. The van der Waals surface area contributed by atoms with Crippen molar-refractivity contribution in [3.8, 4) is 0 Å². The molecule has 84 valence electrons. The minimum atomic E-state index is -0.223. The second kappa shape index (κ2) is 3.92. The van der Waals surface area contributed by atoms with Crippen LogP contribution >= 0.6 is 0 Å². The van der Waals surface area contributed by atoms with Crippen LogP contribution < -0.4 is 10.5 Å². The van der Waals surface area contributed by atoms with E-state index in [1.54, 1.807) is 22.9 Å². The van der Waals surface area contributed by atoms with E-state index in [0.29, 0.717) is 17.9 Å². The van der Waals surface area contributed by atoms with Crippen molar-refractivity contribution < 1.29 is 9.07 Å². The van der Waals surface area contributed by atoms with Crippen molar-refractivity contribution in [1.29, 1.82) is 0 Å². The van der Waals surface area contributed by atoms with E-state index in [9.17, 15) is 4.39 Å². The molecule has 0 saturated heterocycles. The molecule has 0 unspecified atom stereocenters. The quantitative estimate of drug-likeness (QED) is 0.599. The summed E-state index contributed by atoms with van der Waals surface area (Å²) in [5.74, 6) is 7.01. The Balaban J connectivity index is 2.34. The van der Waals surface area contributed by atoms with E-state index < -0.39 is 0 Å². The van der Waals surface area contributed by atoms with Gasteiger partial charge in [0.1, 0.15) is 12.4 Å². The highest BCUT2D eigenvalue weighted by Crippen LogP contribution is 2.08. The van der Waals surface area contributed by atoms with E-state index in [1.165, 1.54) is 10.7 Å². The number of rotatable bonds is 2. The second-order valence-corrected chi connectivity index (χ2v) is 3.71. The summed E-state index contributed by atoms with van der Waals surface area (Å²) >= 11 is 0. The fourth-order valence-corrected chi connectivity index (χ4v) is 1.59. The third-order valence-corrected chi connectivity index (χ3v) is 2.61. The van der Waals surface area contributed by atoms with Crippen LogP contribution in [0, 0.1) is 19.7 Å². The molecule has 2 aromatic rings. The number of benzene rings is 1. The Kier molecular flexibility index (Phi) is 2.60. The lowest BCUT2D eigenvalue weighted by Gasteiger charge is -1.99. The van der Waals surface area contributed by atoms with Gasteiger partial charge < -0.3 is 0 Å². The summed E-state index contributed by atoms with van der Waals surface area (Å²) < 4.78 is 16.6. The maximum absolute atomic E-state index is 13.4. The fraction of sp³-hybridized carbons (Fsp3) is 0.273. The van der Waals surface area contributed by atoms with Crippen LogP contribution in [0.1, 0.15) is 17.2 Å². The van der Waals surface area contributed by atoms with Crippen molar-refractivity contribution >= 4 is 0 Å². The summed E-state index contributed by atoms with van der Waals surface area (Å²) in [5, 5.41) is 4.23. The van der Waals surface area contributed by atoms with Crippen LogP contribution in [0.15, 0.2) is 24.3 Å². The van der Waals surface area contributed by atoms with E-state index in [-0.39, 0.29) is 5.82 Å². The Morgan fingerprint density at radius 3 is 2.62 bits per heavy atom. The number of nitrogens with zero attached hydrogens (tertiary/aromatic N) is 3. The van der Waals surface area contributed by atoms with Crippen molar-refractivity contribution in [1.82, 2.24) is 9.78 Å². The maximum Gasteiger partial charge on any atom is 0.295 e. The summed E-state index contributed by atoms with van der Waals surface area (Å²) in [6, 6.07) is 6.66. The van der Waals surface area contributed by atoms with E-state index in [1.807, 2.05) is 13.8 Å². The topological polar surface area (TPSA) is 47.7 Å². The normalized spacial score (nSPS) is 10.7. The van der Waals surface area contributed by atoms with E-state index in [2.05, 4.69) is 5.10 Å². The predicted molar refractivity (Wildman–Crippen MR) is 57.5 cm³/mol.